The highest BCUT2D eigenvalue weighted by Gasteiger charge is 2.34. The lowest BCUT2D eigenvalue weighted by Gasteiger charge is -2.34. The molecule has 2 rings (SSSR count). The molecule has 3 heteroatoms. The van der Waals surface area contributed by atoms with E-state index in [4.69, 9.17) is 0 Å². The van der Waals surface area contributed by atoms with Crippen LogP contribution in [0.15, 0.2) is 0 Å². The van der Waals surface area contributed by atoms with Crippen molar-refractivity contribution in [3.8, 4) is 0 Å². The van der Waals surface area contributed by atoms with Crippen LogP contribution in [-0.4, -0.2) is 29.6 Å². The number of carbonyl (C=O) groups excluding carboxylic acids is 1. The van der Waals surface area contributed by atoms with Gasteiger partial charge in [-0.1, -0.05) is 45.4 Å². The molecule has 0 aromatic carbocycles. The van der Waals surface area contributed by atoms with Gasteiger partial charge in [0.05, 0.1) is 12.7 Å². The Morgan fingerprint density at radius 3 is 2.47 bits per heavy atom. The van der Waals surface area contributed by atoms with Gasteiger partial charge in [-0.3, -0.25) is 10.1 Å². The van der Waals surface area contributed by atoms with E-state index >= 15 is 0 Å². The second kappa shape index (κ2) is 6.39. The Hall–Kier alpha value is -0.570. The normalized spacial score (nSPS) is 28.2. The van der Waals surface area contributed by atoms with Crippen molar-refractivity contribution in [1.82, 2.24) is 10.2 Å². The smallest absolute Gasteiger partial charge is 0.238 e. The predicted octanol–water partition coefficient (Wildman–Crippen LogP) is 2.66. The Morgan fingerprint density at radius 2 is 1.82 bits per heavy atom. The SMILES string of the molecule is CCCC1NCC(=O)N1C1CCCCCCC1. The number of hydrogen-bond donors (Lipinski definition) is 1. The molecule has 17 heavy (non-hydrogen) atoms. The maximum absolute atomic E-state index is 12.0. The Balaban J connectivity index is 1.98. The van der Waals surface area contributed by atoms with Crippen LogP contribution >= 0.6 is 0 Å². The van der Waals surface area contributed by atoms with Crippen molar-refractivity contribution in [2.24, 2.45) is 0 Å². The van der Waals surface area contributed by atoms with Gasteiger partial charge in [-0.05, 0) is 19.3 Å². The van der Waals surface area contributed by atoms with Crippen molar-refractivity contribution in [2.45, 2.75) is 76.9 Å². The Morgan fingerprint density at radius 1 is 1.18 bits per heavy atom. The van der Waals surface area contributed by atoms with Crippen LogP contribution in [0.2, 0.25) is 0 Å². The largest absolute Gasteiger partial charge is 0.323 e. The van der Waals surface area contributed by atoms with E-state index in [0.29, 0.717) is 24.7 Å². The van der Waals surface area contributed by atoms with Gasteiger partial charge in [-0.15, -0.1) is 0 Å². The standard InChI is InChI=1S/C14H26N2O/c1-2-8-13-15-11-14(17)16(13)12-9-6-4-3-5-7-10-12/h12-13,15H,2-11H2,1H3. The average Bonchev–Trinajstić information content (AvgIpc) is 2.61. The summed E-state index contributed by atoms with van der Waals surface area (Å²) in [7, 11) is 0. The second-order valence-corrected chi connectivity index (χ2v) is 5.49. The van der Waals surface area contributed by atoms with E-state index in [0.717, 1.165) is 12.8 Å². The van der Waals surface area contributed by atoms with Gasteiger partial charge in [0, 0.05) is 6.04 Å². The molecule has 1 aliphatic heterocycles. The van der Waals surface area contributed by atoms with E-state index in [9.17, 15) is 4.79 Å². The molecule has 2 aliphatic rings. The first-order valence-electron chi connectivity index (χ1n) is 7.37. The third kappa shape index (κ3) is 3.21. The Labute approximate surface area is 105 Å². The molecule has 98 valence electrons. The summed E-state index contributed by atoms with van der Waals surface area (Å²) in [5, 5.41) is 3.37. The minimum absolute atomic E-state index is 0.317. The molecule has 0 spiro atoms. The van der Waals surface area contributed by atoms with Gasteiger partial charge in [-0.25, -0.2) is 0 Å². The van der Waals surface area contributed by atoms with Crippen LogP contribution in [0.3, 0.4) is 0 Å². The number of nitrogens with zero attached hydrogens (tertiary/aromatic N) is 1. The Kier molecular flexibility index (Phi) is 4.84. The number of hydrogen-bond acceptors (Lipinski definition) is 2. The lowest BCUT2D eigenvalue weighted by Crippen LogP contribution is -2.44. The van der Waals surface area contributed by atoms with Gasteiger partial charge in [-0.2, -0.15) is 0 Å². The maximum atomic E-state index is 12.0. The summed E-state index contributed by atoms with van der Waals surface area (Å²) in [6, 6.07) is 0.509. The summed E-state index contributed by atoms with van der Waals surface area (Å²) in [6.07, 6.45) is 11.7. The van der Waals surface area contributed by atoms with Crippen LogP contribution in [0.1, 0.15) is 64.7 Å². The zero-order valence-corrected chi connectivity index (χ0v) is 11.1. The molecule has 0 aromatic rings. The number of rotatable bonds is 3. The van der Waals surface area contributed by atoms with Gasteiger partial charge in [0.2, 0.25) is 5.91 Å². The predicted molar refractivity (Wildman–Crippen MR) is 69.7 cm³/mol. The fourth-order valence-corrected chi connectivity index (χ4v) is 3.25. The average molecular weight is 238 g/mol. The van der Waals surface area contributed by atoms with Crippen molar-refractivity contribution in [3.05, 3.63) is 0 Å². The molecule has 0 aromatic heterocycles. The van der Waals surface area contributed by atoms with E-state index in [1.807, 2.05) is 0 Å². The molecule has 1 N–H and O–H groups in total. The van der Waals surface area contributed by atoms with Gasteiger partial charge in [0.25, 0.3) is 0 Å². The highest BCUT2D eigenvalue weighted by Crippen LogP contribution is 2.25. The van der Waals surface area contributed by atoms with Crippen LogP contribution in [-0.2, 0) is 4.79 Å². The zero-order chi connectivity index (χ0) is 12.1. The maximum Gasteiger partial charge on any atom is 0.238 e. The highest BCUT2D eigenvalue weighted by atomic mass is 16.2. The van der Waals surface area contributed by atoms with Gasteiger partial charge >= 0.3 is 0 Å². The van der Waals surface area contributed by atoms with E-state index in [1.165, 1.54) is 44.9 Å². The molecule has 1 atom stereocenters. The molecule has 1 saturated heterocycles. The van der Waals surface area contributed by atoms with Crippen LogP contribution in [0, 0.1) is 0 Å². The fraction of sp³-hybridized carbons (Fsp3) is 0.929. The third-order valence-electron chi connectivity index (χ3n) is 4.14. The van der Waals surface area contributed by atoms with Crippen molar-refractivity contribution < 1.29 is 4.79 Å². The van der Waals surface area contributed by atoms with Crippen molar-refractivity contribution in [3.63, 3.8) is 0 Å². The van der Waals surface area contributed by atoms with Gasteiger partial charge in [0.15, 0.2) is 0 Å². The molecule has 1 unspecified atom stereocenters. The molecule has 3 nitrogen and oxygen atoms in total. The van der Waals surface area contributed by atoms with E-state index in [2.05, 4.69) is 17.1 Å². The van der Waals surface area contributed by atoms with Gasteiger partial charge in [0.1, 0.15) is 0 Å². The molecule has 1 saturated carbocycles. The van der Waals surface area contributed by atoms with Crippen LogP contribution in [0.25, 0.3) is 0 Å². The lowest BCUT2D eigenvalue weighted by atomic mass is 9.95. The van der Waals surface area contributed by atoms with Gasteiger partial charge < -0.3 is 4.90 Å². The number of amides is 1. The fourth-order valence-electron chi connectivity index (χ4n) is 3.25. The molecule has 2 fully saturated rings. The quantitative estimate of drug-likeness (QED) is 0.820. The highest BCUT2D eigenvalue weighted by molar-refractivity contribution is 5.81. The summed E-state index contributed by atoms with van der Waals surface area (Å²) in [4.78, 5) is 14.2. The topological polar surface area (TPSA) is 32.3 Å². The molecule has 0 radical (unpaired) electrons. The first-order chi connectivity index (χ1) is 8.33. The van der Waals surface area contributed by atoms with Crippen LogP contribution < -0.4 is 5.32 Å². The summed E-state index contributed by atoms with van der Waals surface area (Å²) >= 11 is 0. The van der Waals surface area contributed by atoms with Crippen molar-refractivity contribution in [1.29, 1.82) is 0 Å². The summed E-state index contributed by atoms with van der Waals surface area (Å²) in [6.45, 7) is 2.75. The minimum Gasteiger partial charge on any atom is -0.323 e. The molecule has 1 aliphatic carbocycles. The monoisotopic (exact) mass is 238 g/mol. The zero-order valence-electron chi connectivity index (χ0n) is 11.1. The minimum atomic E-state index is 0.317. The van der Waals surface area contributed by atoms with Crippen molar-refractivity contribution >= 4 is 5.91 Å². The van der Waals surface area contributed by atoms with Crippen molar-refractivity contribution in [2.75, 3.05) is 6.54 Å². The molecule has 1 amide bonds. The molecule has 1 heterocycles. The van der Waals surface area contributed by atoms with E-state index in [-0.39, 0.29) is 0 Å². The second-order valence-electron chi connectivity index (χ2n) is 5.49. The molecular formula is C14H26N2O. The third-order valence-corrected chi connectivity index (χ3v) is 4.14. The first-order valence-corrected chi connectivity index (χ1v) is 7.37. The summed E-state index contributed by atoms with van der Waals surface area (Å²) < 4.78 is 0. The first kappa shape index (κ1) is 12.9. The van der Waals surface area contributed by atoms with Crippen LogP contribution in [0.4, 0.5) is 0 Å². The molecular weight excluding hydrogens is 212 g/mol. The number of carbonyl (C=O) groups is 1. The Bertz CT molecular complexity index is 247. The van der Waals surface area contributed by atoms with E-state index in [1.54, 1.807) is 0 Å². The van der Waals surface area contributed by atoms with E-state index < -0.39 is 0 Å². The lowest BCUT2D eigenvalue weighted by molar-refractivity contribution is -0.130. The summed E-state index contributed by atoms with van der Waals surface area (Å²) in [5.41, 5.74) is 0. The molecule has 0 bridgehead atoms. The number of nitrogens with one attached hydrogen (secondary N) is 1. The summed E-state index contributed by atoms with van der Waals surface area (Å²) in [5.74, 6) is 0.328. The van der Waals surface area contributed by atoms with Crippen LogP contribution in [0.5, 0.6) is 0 Å².